The zero-order chi connectivity index (χ0) is 18.7. The number of esters is 2. The molecular weight excluding hydrogens is 387 g/mol. The van der Waals surface area contributed by atoms with Crippen LogP contribution in [0.1, 0.15) is 45.4 Å². The van der Waals surface area contributed by atoms with Crippen molar-refractivity contribution in [2.24, 2.45) is 0 Å². The second-order valence-corrected chi connectivity index (χ2v) is 6.55. The van der Waals surface area contributed by atoms with Crippen LogP contribution in [0.4, 0.5) is 0 Å². The number of halogens is 3. The molecule has 0 aliphatic rings. The Bertz CT molecular complexity index is 615. The van der Waals surface area contributed by atoms with Gasteiger partial charge in [0.25, 0.3) is 0 Å². The van der Waals surface area contributed by atoms with Gasteiger partial charge in [-0.15, -0.1) is 0 Å². The molecule has 0 aliphatic heterocycles. The van der Waals surface area contributed by atoms with Gasteiger partial charge in [0.15, 0.2) is 5.75 Å². The van der Waals surface area contributed by atoms with Crippen LogP contribution in [-0.2, 0) is 14.3 Å². The average molecular weight is 408 g/mol. The maximum Gasteiger partial charge on any atom is 0.336 e. The molecule has 0 spiro atoms. The summed E-state index contributed by atoms with van der Waals surface area (Å²) in [6.07, 6.45) is 8.54. The minimum absolute atomic E-state index is 0.0292. The number of hydrogen-bond acceptors (Lipinski definition) is 4. The van der Waals surface area contributed by atoms with E-state index in [9.17, 15) is 9.59 Å². The van der Waals surface area contributed by atoms with Gasteiger partial charge in [0.05, 0.1) is 16.7 Å². The van der Waals surface area contributed by atoms with Crippen LogP contribution in [0.3, 0.4) is 0 Å². The molecule has 0 N–H and O–H groups in total. The van der Waals surface area contributed by atoms with Crippen LogP contribution in [0.5, 0.6) is 5.75 Å². The molecule has 0 aliphatic carbocycles. The van der Waals surface area contributed by atoms with Crippen molar-refractivity contribution in [3.63, 3.8) is 0 Å². The highest BCUT2D eigenvalue weighted by Gasteiger charge is 2.14. The van der Waals surface area contributed by atoms with Gasteiger partial charge < -0.3 is 9.47 Å². The number of rotatable bonds is 10. The molecule has 0 saturated carbocycles. The van der Waals surface area contributed by atoms with Gasteiger partial charge >= 0.3 is 11.9 Å². The first-order chi connectivity index (χ1) is 12.0. The molecule has 0 unspecified atom stereocenters. The van der Waals surface area contributed by atoms with Gasteiger partial charge in [0.1, 0.15) is 5.02 Å². The molecule has 0 atom stereocenters. The molecule has 0 heterocycles. The fourth-order valence-corrected chi connectivity index (χ4v) is 2.57. The molecular formula is C18H21Cl3O4. The first kappa shape index (κ1) is 21.8. The Hall–Kier alpha value is -1.23. The molecule has 25 heavy (non-hydrogen) atoms. The summed E-state index contributed by atoms with van der Waals surface area (Å²) >= 11 is 17.7. The number of carbonyl (C=O) groups excluding carboxylic acids is 2. The molecule has 0 bridgehead atoms. The monoisotopic (exact) mass is 406 g/mol. The number of unbranched alkanes of at least 4 members (excludes halogenated alkanes) is 5. The summed E-state index contributed by atoms with van der Waals surface area (Å²) in [5.41, 5.74) is 0. The smallest absolute Gasteiger partial charge is 0.336 e. The van der Waals surface area contributed by atoms with Crippen molar-refractivity contribution in [1.29, 1.82) is 0 Å². The second-order valence-electron chi connectivity index (χ2n) is 5.36. The molecule has 0 saturated heterocycles. The quantitative estimate of drug-likeness (QED) is 0.157. The van der Waals surface area contributed by atoms with E-state index in [0.29, 0.717) is 6.61 Å². The van der Waals surface area contributed by atoms with Crippen LogP contribution in [0.2, 0.25) is 15.1 Å². The van der Waals surface area contributed by atoms with Crippen LogP contribution in [-0.4, -0.2) is 18.5 Å². The molecule has 0 radical (unpaired) electrons. The van der Waals surface area contributed by atoms with Crippen LogP contribution < -0.4 is 4.74 Å². The van der Waals surface area contributed by atoms with Crippen molar-refractivity contribution in [2.45, 2.75) is 45.4 Å². The lowest BCUT2D eigenvalue weighted by Gasteiger charge is -2.07. The van der Waals surface area contributed by atoms with Gasteiger partial charge in [-0.1, -0.05) is 73.8 Å². The van der Waals surface area contributed by atoms with Crippen LogP contribution >= 0.6 is 34.8 Å². The number of carbonyl (C=O) groups is 2. The molecule has 0 aromatic heterocycles. The van der Waals surface area contributed by atoms with E-state index in [1.807, 2.05) is 0 Å². The summed E-state index contributed by atoms with van der Waals surface area (Å²) in [6, 6.07) is 2.94. The lowest BCUT2D eigenvalue weighted by Crippen LogP contribution is -2.08. The Morgan fingerprint density at radius 3 is 2.24 bits per heavy atom. The predicted octanol–water partition coefficient (Wildman–Crippen LogP) is 6.01. The van der Waals surface area contributed by atoms with Crippen LogP contribution in [0.25, 0.3) is 0 Å². The Morgan fingerprint density at radius 1 is 0.920 bits per heavy atom. The second kappa shape index (κ2) is 12.2. The fraction of sp³-hybridized carbons (Fsp3) is 0.444. The van der Waals surface area contributed by atoms with Crippen LogP contribution in [0, 0.1) is 0 Å². The Labute approximate surface area is 163 Å². The van der Waals surface area contributed by atoms with E-state index < -0.39 is 11.9 Å². The van der Waals surface area contributed by atoms with Crippen molar-refractivity contribution >= 4 is 46.7 Å². The molecule has 138 valence electrons. The van der Waals surface area contributed by atoms with Crippen molar-refractivity contribution < 1.29 is 19.1 Å². The first-order valence-corrected chi connectivity index (χ1v) is 9.29. The Morgan fingerprint density at radius 2 is 1.52 bits per heavy atom. The lowest BCUT2D eigenvalue weighted by molar-refractivity contribution is -0.138. The largest absolute Gasteiger partial charge is 0.463 e. The maximum atomic E-state index is 11.7. The van der Waals surface area contributed by atoms with Gasteiger partial charge in [0, 0.05) is 12.2 Å². The minimum Gasteiger partial charge on any atom is -0.463 e. The third kappa shape index (κ3) is 8.61. The van der Waals surface area contributed by atoms with Gasteiger partial charge in [-0.2, -0.15) is 0 Å². The van der Waals surface area contributed by atoms with Crippen molar-refractivity contribution in [3.8, 4) is 5.75 Å². The molecule has 7 heteroatoms. The van der Waals surface area contributed by atoms with Crippen molar-refractivity contribution in [2.75, 3.05) is 6.61 Å². The highest BCUT2D eigenvalue weighted by atomic mass is 35.5. The third-order valence-electron chi connectivity index (χ3n) is 3.30. The third-order valence-corrected chi connectivity index (χ3v) is 4.39. The van der Waals surface area contributed by atoms with E-state index in [2.05, 4.69) is 6.92 Å². The SMILES string of the molecule is CCCCCCCCOC(=O)/C=C/C(=O)Oc1c(Cl)ccc(Cl)c1Cl. The van der Waals surface area contributed by atoms with E-state index in [-0.39, 0.29) is 20.8 Å². The van der Waals surface area contributed by atoms with E-state index in [4.69, 9.17) is 44.3 Å². The van der Waals surface area contributed by atoms with Crippen molar-refractivity contribution in [1.82, 2.24) is 0 Å². The van der Waals surface area contributed by atoms with Crippen molar-refractivity contribution in [3.05, 3.63) is 39.4 Å². The average Bonchev–Trinajstić information content (AvgIpc) is 2.59. The van der Waals surface area contributed by atoms with Gasteiger partial charge in [-0.25, -0.2) is 9.59 Å². The Kier molecular flexibility index (Phi) is 10.6. The predicted molar refractivity (Wildman–Crippen MR) is 101 cm³/mol. The zero-order valence-electron chi connectivity index (χ0n) is 14.0. The van der Waals surface area contributed by atoms with E-state index in [0.717, 1.165) is 31.4 Å². The first-order valence-electron chi connectivity index (χ1n) is 8.15. The summed E-state index contributed by atoms with van der Waals surface area (Å²) in [5, 5.41) is 0.375. The van der Waals surface area contributed by atoms with E-state index in [1.54, 1.807) is 0 Å². The maximum absolute atomic E-state index is 11.7. The van der Waals surface area contributed by atoms with Gasteiger partial charge in [-0.05, 0) is 18.6 Å². The summed E-state index contributed by atoms with van der Waals surface area (Å²) in [5.74, 6) is -1.46. The highest BCUT2D eigenvalue weighted by molar-refractivity contribution is 6.44. The summed E-state index contributed by atoms with van der Waals surface area (Å²) < 4.78 is 10.0. The zero-order valence-corrected chi connectivity index (χ0v) is 16.3. The number of ether oxygens (including phenoxy) is 2. The molecule has 1 rings (SSSR count). The summed E-state index contributed by atoms with van der Waals surface area (Å²) in [6.45, 7) is 2.49. The molecule has 0 amide bonds. The molecule has 4 nitrogen and oxygen atoms in total. The Balaban J connectivity index is 2.34. The van der Waals surface area contributed by atoms with Gasteiger partial charge in [0.2, 0.25) is 0 Å². The topological polar surface area (TPSA) is 52.6 Å². The van der Waals surface area contributed by atoms with E-state index in [1.165, 1.54) is 31.4 Å². The standard InChI is InChI=1S/C18H21Cl3O4/c1-2-3-4-5-6-7-12-24-15(22)10-11-16(23)25-18-14(20)9-8-13(19)17(18)21/h8-11H,2-7,12H2,1H3/b11-10+. The normalized spacial score (nSPS) is 10.9. The fourth-order valence-electron chi connectivity index (χ4n) is 1.98. The van der Waals surface area contributed by atoms with E-state index >= 15 is 0 Å². The summed E-state index contributed by atoms with van der Waals surface area (Å²) in [7, 11) is 0. The molecule has 1 aromatic carbocycles. The van der Waals surface area contributed by atoms with Crippen LogP contribution in [0.15, 0.2) is 24.3 Å². The molecule has 1 aromatic rings. The highest BCUT2D eigenvalue weighted by Crippen LogP contribution is 2.38. The van der Waals surface area contributed by atoms with Gasteiger partial charge in [-0.3, -0.25) is 0 Å². The lowest BCUT2D eigenvalue weighted by atomic mass is 10.1. The number of benzene rings is 1. The summed E-state index contributed by atoms with van der Waals surface area (Å²) in [4.78, 5) is 23.3. The molecule has 0 fully saturated rings. The minimum atomic E-state index is -0.803. The number of hydrogen-bond donors (Lipinski definition) is 0.